The molecule has 0 spiro atoms. The molecule has 1 aromatic carbocycles. The number of aryl methyl sites for hydroxylation is 1. The fraction of sp³-hybridized carbons (Fsp3) is 0.619. The second-order valence-corrected chi connectivity index (χ2v) is 7.73. The number of aliphatic imine (C=N–C) groups is 1. The highest BCUT2D eigenvalue weighted by atomic mass is 16.5. The van der Waals surface area contributed by atoms with E-state index in [1.165, 1.54) is 0 Å². The van der Waals surface area contributed by atoms with Crippen molar-refractivity contribution >= 4 is 11.9 Å². The number of nitrogens with one attached hydrogen (secondary N) is 2. The molecule has 0 bridgehead atoms. The van der Waals surface area contributed by atoms with Crippen molar-refractivity contribution in [1.29, 1.82) is 0 Å². The first-order valence-electron chi connectivity index (χ1n) is 9.63. The molecule has 0 aliphatic carbocycles. The van der Waals surface area contributed by atoms with Crippen LogP contribution in [0.2, 0.25) is 0 Å². The van der Waals surface area contributed by atoms with Crippen LogP contribution in [0.1, 0.15) is 38.8 Å². The molecule has 2 N–H and O–H groups in total. The van der Waals surface area contributed by atoms with Gasteiger partial charge >= 0.3 is 0 Å². The summed E-state index contributed by atoms with van der Waals surface area (Å²) in [6, 6.07) is 3.98. The van der Waals surface area contributed by atoms with Crippen LogP contribution in [0.3, 0.4) is 0 Å². The first kappa shape index (κ1) is 23.6. The zero-order chi connectivity index (χ0) is 21.3. The number of ether oxygens (including phenoxy) is 2. The summed E-state index contributed by atoms with van der Waals surface area (Å²) in [5, 5.41) is 6.22. The first-order valence-corrected chi connectivity index (χ1v) is 9.63. The van der Waals surface area contributed by atoms with Gasteiger partial charge in [0.25, 0.3) is 0 Å². The largest absolute Gasteiger partial charge is 0.493 e. The number of carbonyl (C=O) groups excluding carboxylic acids is 1. The van der Waals surface area contributed by atoms with Crippen molar-refractivity contribution in [2.75, 3.05) is 40.9 Å². The maximum absolute atomic E-state index is 12.0. The molecular weight excluding hydrogens is 356 g/mol. The molecule has 0 aromatic heterocycles. The molecule has 28 heavy (non-hydrogen) atoms. The Balaban J connectivity index is 2.82. The Morgan fingerprint density at radius 3 is 2.29 bits per heavy atom. The minimum atomic E-state index is -0.393. The second-order valence-electron chi connectivity index (χ2n) is 7.73. The Bertz CT molecular complexity index is 681. The molecule has 7 nitrogen and oxygen atoms in total. The molecule has 7 heteroatoms. The lowest BCUT2D eigenvalue weighted by Crippen LogP contribution is -2.40. The van der Waals surface area contributed by atoms with Gasteiger partial charge in [-0.05, 0) is 37.1 Å². The lowest BCUT2D eigenvalue weighted by atomic mass is 9.96. The molecule has 0 saturated heterocycles. The van der Waals surface area contributed by atoms with E-state index in [-0.39, 0.29) is 5.91 Å². The molecule has 0 aliphatic rings. The van der Waals surface area contributed by atoms with Gasteiger partial charge in [0.1, 0.15) is 0 Å². The third kappa shape index (κ3) is 6.94. The molecule has 0 aliphatic heterocycles. The molecule has 0 heterocycles. The number of benzene rings is 1. The van der Waals surface area contributed by atoms with Crippen LogP contribution in [-0.2, 0) is 11.3 Å². The molecule has 0 unspecified atom stereocenters. The monoisotopic (exact) mass is 392 g/mol. The highest BCUT2D eigenvalue weighted by Crippen LogP contribution is 2.30. The highest BCUT2D eigenvalue weighted by molar-refractivity contribution is 5.81. The van der Waals surface area contributed by atoms with E-state index in [0.717, 1.165) is 29.4 Å². The van der Waals surface area contributed by atoms with E-state index in [9.17, 15) is 4.79 Å². The van der Waals surface area contributed by atoms with Gasteiger partial charge in [0, 0.05) is 32.1 Å². The molecule has 1 amide bonds. The molecule has 0 fully saturated rings. The SMILES string of the molecule is CCNC(=NCCNC(=O)C(C)(C)C)N(C)Cc1cc(OC)c(OC)cc1C. The number of rotatable bonds is 8. The average molecular weight is 393 g/mol. The third-order valence-electron chi connectivity index (χ3n) is 4.29. The number of amides is 1. The minimum Gasteiger partial charge on any atom is -0.493 e. The van der Waals surface area contributed by atoms with Gasteiger partial charge in [-0.3, -0.25) is 9.79 Å². The van der Waals surface area contributed by atoms with Crippen LogP contribution >= 0.6 is 0 Å². The van der Waals surface area contributed by atoms with Gasteiger partial charge in [0.15, 0.2) is 17.5 Å². The van der Waals surface area contributed by atoms with E-state index >= 15 is 0 Å². The Hall–Kier alpha value is -2.44. The van der Waals surface area contributed by atoms with E-state index < -0.39 is 5.41 Å². The summed E-state index contributed by atoms with van der Waals surface area (Å²) < 4.78 is 10.8. The summed E-state index contributed by atoms with van der Waals surface area (Å²) in [6.45, 7) is 12.2. The summed E-state index contributed by atoms with van der Waals surface area (Å²) in [5.74, 6) is 2.26. The van der Waals surface area contributed by atoms with Crippen molar-refractivity contribution in [3.63, 3.8) is 0 Å². The van der Waals surface area contributed by atoms with Crippen molar-refractivity contribution in [2.45, 2.75) is 41.2 Å². The topological polar surface area (TPSA) is 75.2 Å². The maximum Gasteiger partial charge on any atom is 0.225 e. The number of carbonyl (C=O) groups is 1. The molecule has 1 aromatic rings. The molecule has 158 valence electrons. The van der Waals surface area contributed by atoms with E-state index in [4.69, 9.17) is 9.47 Å². The van der Waals surface area contributed by atoms with Gasteiger partial charge in [0.05, 0.1) is 20.8 Å². The summed E-state index contributed by atoms with van der Waals surface area (Å²) >= 11 is 0. The van der Waals surface area contributed by atoms with Gasteiger partial charge < -0.3 is 25.0 Å². The smallest absolute Gasteiger partial charge is 0.225 e. The number of guanidine groups is 1. The van der Waals surface area contributed by atoms with Crippen LogP contribution in [0.15, 0.2) is 17.1 Å². The number of methoxy groups -OCH3 is 2. The maximum atomic E-state index is 12.0. The predicted molar refractivity (Wildman–Crippen MR) is 114 cm³/mol. The standard InChI is InChI=1S/C21H36N4O3/c1-9-22-20(24-11-10-23-19(26)21(3,4)5)25(6)14-16-13-18(28-8)17(27-7)12-15(16)2/h12-13H,9-11,14H2,1-8H3,(H,22,24)(H,23,26). The third-order valence-corrected chi connectivity index (χ3v) is 4.29. The van der Waals surface area contributed by atoms with Crippen molar-refractivity contribution < 1.29 is 14.3 Å². The fourth-order valence-corrected chi connectivity index (χ4v) is 2.59. The number of hydrogen-bond acceptors (Lipinski definition) is 4. The summed E-state index contributed by atoms with van der Waals surface area (Å²) in [4.78, 5) is 18.6. The molecular formula is C21H36N4O3. The van der Waals surface area contributed by atoms with Crippen LogP contribution in [0, 0.1) is 12.3 Å². The predicted octanol–water partition coefficient (Wildman–Crippen LogP) is 2.57. The normalized spacial score (nSPS) is 11.8. The van der Waals surface area contributed by atoms with E-state index in [0.29, 0.717) is 25.4 Å². The van der Waals surface area contributed by atoms with Gasteiger partial charge in [-0.15, -0.1) is 0 Å². The van der Waals surface area contributed by atoms with Gasteiger partial charge in [-0.1, -0.05) is 20.8 Å². The van der Waals surface area contributed by atoms with Gasteiger partial charge in [-0.25, -0.2) is 0 Å². The Kier molecular flexibility index (Phi) is 9.09. The Morgan fingerprint density at radius 1 is 1.14 bits per heavy atom. The Labute approximate surface area is 169 Å². The number of hydrogen-bond donors (Lipinski definition) is 2. The minimum absolute atomic E-state index is 0.0296. The van der Waals surface area contributed by atoms with E-state index in [1.54, 1.807) is 14.2 Å². The quantitative estimate of drug-likeness (QED) is 0.404. The molecule has 0 saturated carbocycles. The fourth-order valence-electron chi connectivity index (χ4n) is 2.59. The average Bonchev–Trinajstić information content (AvgIpc) is 2.64. The first-order chi connectivity index (χ1) is 13.1. The van der Waals surface area contributed by atoms with E-state index in [1.807, 2.05) is 46.9 Å². The van der Waals surface area contributed by atoms with Gasteiger partial charge in [-0.2, -0.15) is 0 Å². The second kappa shape index (κ2) is 10.8. The molecule has 0 radical (unpaired) electrons. The van der Waals surface area contributed by atoms with Crippen molar-refractivity contribution in [3.05, 3.63) is 23.3 Å². The lowest BCUT2D eigenvalue weighted by molar-refractivity contribution is -0.128. The number of nitrogens with zero attached hydrogens (tertiary/aromatic N) is 2. The van der Waals surface area contributed by atoms with Crippen molar-refractivity contribution in [3.8, 4) is 11.5 Å². The highest BCUT2D eigenvalue weighted by Gasteiger charge is 2.20. The van der Waals surface area contributed by atoms with Crippen molar-refractivity contribution in [1.82, 2.24) is 15.5 Å². The Morgan fingerprint density at radius 2 is 1.75 bits per heavy atom. The van der Waals surface area contributed by atoms with Crippen LogP contribution in [0.5, 0.6) is 11.5 Å². The summed E-state index contributed by atoms with van der Waals surface area (Å²) in [7, 11) is 5.26. The van der Waals surface area contributed by atoms with Crippen LogP contribution in [0.4, 0.5) is 0 Å². The lowest BCUT2D eigenvalue weighted by Gasteiger charge is -2.24. The van der Waals surface area contributed by atoms with E-state index in [2.05, 4.69) is 27.4 Å². The molecule has 0 atom stereocenters. The van der Waals surface area contributed by atoms with Crippen LogP contribution in [0.25, 0.3) is 0 Å². The zero-order valence-electron chi connectivity index (χ0n) is 18.6. The van der Waals surface area contributed by atoms with Crippen molar-refractivity contribution in [2.24, 2.45) is 10.4 Å². The summed E-state index contributed by atoms with van der Waals surface area (Å²) in [6.07, 6.45) is 0. The summed E-state index contributed by atoms with van der Waals surface area (Å²) in [5.41, 5.74) is 1.86. The zero-order valence-corrected chi connectivity index (χ0v) is 18.6. The van der Waals surface area contributed by atoms with Gasteiger partial charge in [0.2, 0.25) is 5.91 Å². The van der Waals surface area contributed by atoms with Crippen LogP contribution < -0.4 is 20.1 Å². The molecule has 1 rings (SSSR count). The van der Waals surface area contributed by atoms with Crippen LogP contribution in [-0.4, -0.2) is 57.7 Å².